The van der Waals surface area contributed by atoms with E-state index in [-0.39, 0.29) is 24.0 Å². The molecule has 1 aromatic carbocycles. The molecule has 1 amide bonds. The SMILES string of the molecule is Cc1sc2nc(NC(=O)COc3ccccc3[N+](=O)[O-])nn2c1C. The summed E-state index contributed by atoms with van der Waals surface area (Å²) in [6, 6.07) is 5.86. The van der Waals surface area contributed by atoms with Crippen molar-refractivity contribution >= 4 is 33.8 Å². The molecule has 24 heavy (non-hydrogen) atoms. The van der Waals surface area contributed by atoms with Gasteiger partial charge in [0.25, 0.3) is 11.9 Å². The van der Waals surface area contributed by atoms with Gasteiger partial charge in [0.1, 0.15) is 0 Å². The van der Waals surface area contributed by atoms with Gasteiger partial charge in [-0.2, -0.15) is 4.98 Å². The molecule has 1 N–H and O–H groups in total. The molecule has 0 spiro atoms. The predicted molar refractivity (Wildman–Crippen MR) is 87.6 cm³/mol. The molecular formula is C14H13N5O4S. The van der Waals surface area contributed by atoms with Gasteiger partial charge in [-0.05, 0) is 19.9 Å². The highest BCUT2D eigenvalue weighted by Crippen LogP contribution is 2.25. The van der Waals surface area contributed by atoms with Gasteiger partial charge in [0, 0.05) is 10.9 Å². The molecule has 2 aromatic heterocycles. The molecule has 124 valence electrons. The van der Waals surface area contributed by atoms with Crippen LogP contribution in [0.15, 0.2) is 24.3 Å². The molecule has 0 atom stereocenters. The van der Waals surface area contributed by atoms with Crippen LogP contribution < -0.4 is 10.1 Å². The molecule has 0 aliphatic rings. The second kappa shape index (κ2) is 6.24. The number of hydrogen-bond donors (Lipinski definition) is 1. The summed E-state index contributed by atoms with van der Waals surface area (Å²) in [5.41, 5.74) is 0.760. The minimum atomic E-state index is -0.566. The molecule has 3 aromatic rings. The van der Waals surface area contributed by atoms with Crippen molar-refractivity contribution in [1.29, 1.82) is 0 Å². The Morgan fingerprint density at radius 2 is 2.17 bits per heavy atom. The molecule has 3 rings (SSSR count). The van der Waals surface area contributed by atoms with Crippen molar-refractivity contribution in [2.75, 3.05) is 11.9 Å². The van der Waals surface area contributed by atoms with E-state index >= 15 is 0 Å². The van der Waals surface area contributed by atoms with Gasteiger partial charge in [-0.25, -0.2) is 4.52 Å². The summed E-state index contributed by atoms with van der Waals surface area (Å²) in [5.74, 6) is -0.302. The number of thiazole rings is 1. The number of nitrogens with one attached hydrogen (secondary N) is 1. The fraction of sp³-hybridized carbons (Fsp3) is 0.214. The number of amides is 1. The van der Waals surface area contributed by atoms with Gasteiger partial charge in [0.05, 0.1) is 10.6 Å². The number of hydrogen-bond acceptors (Lipinski definition) is 7. The molecule has 0 saturated heterocycles. The second-order valence-electron chi connectivity index (χ2n) is 4.94. The molecule has 0 fully saturated rings. The first-order chi connectivity index (χ1) is 11.5. The van der Waals surface area contributed by atoms with E-state index in [0.717, 1.165) is 10.6 Å². The smallest absolute Gasteiger partial charge is 0.310 e. The topological polar surface area (TPSA) is 112 Å². The normalized spacial score (nSPS) is 10.8. The van der Waals surface area contributed by atoms with Crippen LogP contribution in [0.5, 0.6) is 5.75 Å². The standard InChI is InChI=1S/C14H13N5O4S/c1-8-9(2)24-14-16-13(17-18(8)14)15-12(20)7-23-11-6-4-3-5-10(11)19(21)22/h3-6H,7H2,1-2H3,(H,15,17,20). The van der Waals surface area contributed by atoms with Crippen molar-refractivity contribution in [3.05, 3.63) is 45.0 Å². The van der Waals surface area contributed by atoms with Gasteiger partial charge in [-0.1, -0.05) is 23.5 Å². The molecule has 2 heterocycles. The summed E-state index contributed by atoms with van der Waals surface area (Å²) in [6.07, 6.45) is 0. The number of rotatable bonds is 5. The first-order valence-electron chi connectivity index (χ1n) is 6.94. The molecule has 0 saturated carbocycles. The number of fused-ring (bicyclic) bond motifs is 1. The number of carbonyl (C=O) groups is 1. The fourth-order valence-electron chi connectivity index (χ4n) is 2.03. The number of aromatic nitrogens is 3. The van der Waals surface area contributed by atoms with E-state index < -0.39 is 10.8 Å². The minimum Gasteiger partial charge on any atom is -0.477 e. The quantitative estimate of drug-likeness (QED) is 0.560. The lowest BCUT2D eigenvalue weighted by molar-refractivity contribution is -0.385. The highest BCUT2D eigenvalue weighted by atomic mass is 32.1. The van der Waals surface area contributed by atoms with Crippen LogP contribution in [0.3, 0.4) is 0 Å². The number of nitrogens with zero attached hydrogens (tertiary/aromatic N) is 4. The van der Waals surface area contributed by atoms with E-state index in [9.17, 15) is 14.9 Å². The molecule has 10 heteroatoms. The molecular weight excluding hydrogens is 334 g/mol. The minimum absolute atomic E-state index is 0.0305. The first kappa shape index (κ1) is 15.9. The second-order valence-corrected chi connectivity index (χ2v) is 6.12. The van der Waals surface area contributed by atoms with Crippen LogP contribution in [0.1, 0.15) is 10.6 Å². The zero-order valence-corrected chi connectivity index (χ0v) is 13.7. The Kier molecular flexibility index (Phi) is 4.13. The van der Waals surface area contributed by atoms with Gasteiger partial charge in [-0.3, -0.25) is 20.2 Å². The summed E-state index contributed by atoms with van der Waals surface area (Å²) in [6.45, 7) is 3.50. The van der Waals surface area contributed by atoms with Gasteiger partial charge in [0.15, 0.2) is 12.4 Å². The number of nitro benzene ring substituents is 1. The Hall–Kier alpha value is -3.01. The van der Waals surface area contributed by atoms with Gasteiger partial charge in [-0.15, -0.1) is 5.10 Å². The van der Waals surface area contributed by atoms with Crippen molar-refractivity contribution in [3.63, 3.8) is 0 Å². The predicted octanol–water partition coefficient (Wildman–Crippen LogP) is 2.33. The molecule has 0 bridgehead atoms. The number of aryl methyl sites for hydroxylation is 2. The van der Waals surface area contributed by atoms with Crippen LogP contribution >= 0.6 is 11.3 Å². The summed E-state index contributed by atoms with van der Waals surface area (Å²) < 4.78 is 6.87. The third kappa shape index (κ3) is 3.04. The number of para-hydroxylation sites is 2. The Bertz CT molecular complexity index is 933. The van der Waals surface area contributed by atoms with Gasteiger partial charge < -0.3 is 4.74 Å². The van der Waals surface area contributed by atoms with Crippen LogP contribution in [0, 0.1) is 24.0 Å². The van der Waals surface area contributed by atoms with Crippen LogP contribution in [-0.4, -0.2) is 32.0 Å². The third-order valence-electron chi connectivity index (χ3n) is 3.32. The van der Waals surface area contributed by atoms with E-state index in [4.69, 9.17) is 4.74 Å². The fourth-order valence-corrected chi connectivity index (χ4v) is 2.93. The highest BCUT2D eigenvalue weighted by molar-refractivity contribution is 7.17. The van der Waals surface area contributed by atoms with Gasteiger partial charge in [0.2, 0.25) is 4.96 Å². The molecule has 0 radical (unpaired) electrons. The Labute approximate surface area is 140 Å². The van der Waals surface area contributed by atoms with Gasteiger partial charge >= 0.3 is 5.69 Å². The zero-order valence-electron chi connectivity index (χ0n) is 12.8. The lowest BCUT2D eigenvalue weighted by atomic mass is 10.3. The van der Waals surface area contributed by atoms with Crippen molar-refractivity contribution in [2.24, 2.45) is 0 Å². The largest absolute Gasteiger partial charge is 0.477 e. The molecule has 9 nitrogen and oxygen atoms in total. The Morgan fingerprint density at radius 1 is 1.42 bits per heavy atom. The number of anilines is 1. The number of benzene rings is 1. The number of nitro groups is 1. The molecule has 0 aliphatic heterocycles. The summed E-state index contributed by atoms with van der Waals surface area (Å²) in [4.78, 5) is 28.2. The summed E-state index contributed by atoms with van der Waals surface area (Å²) >= 11 is 1.47. The summed E-state index contributed by atoms with van der Waals surface area (Å²) in [7, 11) is 0. The Morgan fingerprint density at radius 3 is 2.88 bits per heavy atom. The van der Waals surface area contributed by atoms with Crippen LogP contribution in [0.25, 0.3) is 4.96 Å². The van der Waals surface area contributed by atoms with E-state index in [1.54, 1.807) is 10.6 Å². The van der Waals surface area contributed by atoms with Crippen LogP contribution in [0.4, 0.5) is 11.6 Å². The molecule has 0 unspecified atom stereocenters. The average molecular weight is 347 g/mol. The maximum Gasteiger partial charge on any atom is 0.310 e. The third-order valence-corrected chi connectivity index (χ3v) is 4.37. The highest BCUT2D eigenvalue weighted by Gasteiger charge is 2.16. The average Bonchev–Trinajstić information content (AvgIpc) is 3.04. The van der Waals surface area contributed by atoms with Crippen molar-refractivity contribution in [2.45, 2.75) is 13.8 Å². The van der Waals surface area contributed by atoms with Crippen LogP contribution in [0.2, 0.25) is 0 Å². The lowest BCUT2D eigenvalue weighted by Gasteiger charge is -2.05. The van der Waals surface area contributed by atoms with Crippen molar-refractivity contribution in [1.82, 2.24) is 14.6 Å². The lowest BCUT2D eigenvalue weighted by Crippen LogP contribution is -2.21. The first-order valence-corrected chi connectivity index (χ1v) is 7.76. The van der Waals surface area contributed by atoms with E-state index in [0.29, 0.717) is 4.96 Å². The monoisotopic (exact) mass is 347 g/mol. The maximum absolute atomic E-state index is 11.9. The summed E-state index contributed by atoms with van der Waals surface area (Å²) in [5, 5.41) is 17.6. The zero-order chi connectivity index (χ0) is 17.3. The number of carbonyl (C=O) groups excluding carboxylic acids is 1. The van der Waals surface area contributed by atoms with Crippen molar-refractivity contribution < 1.29 is 14.5 Å². The maximum atomic E-state index is 11.9. The number of ether oxygens (including phenoxy) is 1. The van der Waals surface area contributed by atoms with E-state index in [2.05, 4.69) is 15.4 Å². The van der Waals surface area contributed by atoms with E-state index in [1.807, 2.05) is 13.8 Å². The molecule has 0 aliphatic carbocycles. The Balaban J connectivity index is 1.66. The van der Waals surface area contributed by atoms with Crippen LogP contribution in [-0.2, 0) is 4.79 Å². The van der Waals surface area contributed by atoms with Crippen molar-refractivity contribution in [3.8, 4) is 5.75 Å². The van der Waals surface area contributed by atoms with E-state index in [1.165, 1.54) is 29.5 Å².